The van der Waals surface area contributed by atoms with Crippen molar-refractivity contribution in [2.24, 2.45) is 39.9 Å². The van der Waals surface area contributed by atoms with Crippen LogP contribution in [0.25, 0.3) is 0 Å². The average Bonchev–Trinajstić information content (AvgIpc) is 2.97. The number of halogens is 1. The highest BCUT2D eigenvalue weighted by Crippen LogP contribution is 2.68. The van der Waals surface area contributed by atoms with Crippen LogP contribution in [0.1, 0.15) is 87.0 Å². The minimum absolute atomic E-state index is 0.0235. The van der Waals surface area contributed by atoms with Crippen molar-refractivity contribution >= 4 is 28.4 Å². The van der Waals surface area contributed by atoms with Crippen LogP contribution in [0, 0.1) is 39.9 Å². The van der Waals surface area contributed by atoms with E-state index >= 15 is 0 Å². The van der Waals surface area contributed by atoms with Crippen molar-refractivity contribution in [1.29, 1.82) is 0 Å². The lowest BCUT2D eigenvalue weighted by Crippen LogP contribution is -2.56. The number of hydrogen-bond donors (Lipinski definition) is 0. The molecule has 3 aliphatic carbocycles. The molecule has 1 unspecified atom stereocenters. The van der Waals surface area contributed by atoms with Crippen LogP contribution in [-0.4, -0.2) is 16.8 Å². The topological polar surface area (TPSA) is 51.2 Å². The van der Waals surface area contributed by atoms with Crippen LogP contribution < -0.4 is 0 Å². The number of carbonyl (C=O) groups is 3. The standard InChI is InChI=1S/C25H37ClO3/c1-8-15(4)23(6)10-9-17-20-19(14(2)3)18(27)13-25(20,21(28)22(26)29)12-11-24(17,7)16(23)5/h14-17H,8-13H2,1-7H3/t15?,16-,17+,23+,24-,25+/m0/s1. The summed E-state index contributed by atoms with van der Waals surface area (Å²) in [5.41, 5.74) is 1.09. The molecule has 2 fully saturated rings. The lowest BCUT2D eigenvalue weighted by atomic mass is 9.42. The van der Waals surface area contributed by atoms with Crippen LogP contribution in [0.5, 0.6) is 0 Å². The minimum atomic E-state index is -0.983. The smallest absolute Gasteiger partial charge is 0.289 e. The van der Waals surface area contributed by atoms with Crippen LogP contribution in [0.2, 0.25) is 0 Å². The Morgan fingerprint density at radius 2 is 1.76 bits per heavy atom. The normalized spacial score (nSPS) is 40.7. The summed E-state index contributed by atoms with van der Waals surface area (Å²) in [4.78, 5) is 38.2. The largest absolute Gasteiger partial charge is 0.294 e. The SMILES string of the molecule is CCC(C)[C@@]1(C)CC[C@@H]2C3=C(C(C)C)C(=O)C[C@]3(C(=O)C(=O)Cl)CC[C@@]2(C)[C@H]1C. The number of hydrogen-bond acceptors (Lipinski definition) is 3. The molecule has 29 heavy (non-hydrogen) atoms. The molecular weight excluding hydrogens is 384 g/mol. The molecule has 3 rings (SSSR count). The Balaban J connectivity index is 2.18. The third-order valence-electron chi connectivity index (χ3n) is 9.68. The van der Waals surface area contributed by atoms with E-state index in [0.717, 1.165) is 36.8 Å². The van der Waals surface area contributed by atoms with Crippen molar-refractivity contribution in [1.82, 2.24) is 0 Å². The zero-order valence-electron chi connectivity index (χ0n) is 19.2. The highest BCUT2D eigenvalue weighted by atomic mass is 35.5. The summed E-state index contributed by atoms with van der Waals surface area (Å²) in [6.45, 7) is 15.9. The molecule has 0 saturated heterocycles. The highest BCUT2D eigenvalue weighted by Gasteiger charge is 2.64. The van der Waals surface area contributed by atoms with E-state index in [2.05, 4.69) is 34.6 Å². The van der Waals surface area contributed by atoms with Crippen LogP contribution in [-0.2, 0) is 14.4 Å². The fraction of sp³-hybridized carbons (Fsp3) is 0.800. The molecule has 0 aromatic heterocycles. The van der Waals surface area contributed by atoms with Gasteiger partial charge in [-0.05, 0) is 82.9 Å². The number of ketones is 2. The summed E-state index contributed by atoms with van der Waals surface area (Å²) in [6, 6.07) is 0. The van der Waals surface area contributed by atoms with Gasteiger partial charge in [-0.1, -0.05) is 54.9 Å². The third kappa shape index (κ3) is 3.01. The molecule has 2 saturated carbocycles. The molecule has 0 bridgehead atoms. The predicted octanol–water partition coefficient (Wildman–Crippen LogP) is 6.13. The quantitative estimate of drug-likeness (QED) is 0.397. The molecule has 0 aromatic carbocycles. The van der Waals surface area contributed by atoms with Crippen molar-refractivity contribution in [2.75, 3.05) is 0 Å². The van der Waals surface area contributed by atoms with E-state index in [-0.39, 0.29) is 34.9 Å². The van der Waals surface area contributed by atoms with Crippen molar-refractivity contribution in [3.05, 3.63) is 11.1 Å². The van der Waals surface area contributed by atoms with Gasteiger partial charge in [0, 0.05) is 6.42 Å². The molecule has 0 heterocycles. The number of rotatable bonds is 5. The molecule has 0 amide bonds. The Labute approximate surface area is 181 Å². The molecule has 162 valence electrons. The van der Waals surface area contributed by atoms with Gasteiger partial charge in [-0.3, -0.25) is 14.4 Å². The van der Waals surface area contributed by atoms with Gasteiger partial charge in [0.2, 0.25) is 5.78 Å². The summed E-state index contributed by atoms with van der Waals surface area (Å²) in [5, 5.41) is -0.919. The molecule has 4 heteroatoms. The maximum absolute atomic E-state index is 13.1. The molecule has 0 radical (unpaired) electrons. The van der Waals surface area contributed by atoms with E-state index in [1.54, 1.807) is 0 Å². The van der Waals surface area contributed by atoms with Gasteiger partial charge < -0.3 is 0 Å². The summed E-state index contributed by atoms with van der Waals surface area (Å²) in [7, 11) is 0. The number of allylic oxidation sites excluding steroid dienone is 2. The van der Waals surface area contributed by atoms with Gasteiger partial charge in [-0.2, -0.15) is 0 Å². The Kier molecular flexibility index (Phi) is 5.74. The predicted molar refractivity (Wildman–Crippen MR) is 117 cm³/mol. The molecule has 3 aliphatic rings. The maximum Gasteiger partial charge on any atom is 0.289 e. The van der Waals surface area contributed by atoms with Crippen molar-refractivity contribution in [3.8, 4) is 0 Å². The lowest BCUT2D eigenvalue weighted by Gasteiger charge is -2.62. The van der Waals surface area contributed by atoms with E-state index < -0.39 is 16.4 Å². The first-order valence-corrected chi connectivity index (χ1v) is 11.8. The zero-order valence-corrected chi connectivity index (χ0v) is 19.9. The van der Waals surface area contributed by atoms with E-state index in [1.807, 2.05) is 13.8 Å². The highest BCUT2D eigenvalue weighted by molar-refractivity contribution is 6.82. The molecule has 3 nitrogen and oxygen atoms in total. The van der Waals surface area contributed by atoms with E-state index in [1.165, 1.54) is 0 Å². The Bertz CT molecular complexity index is 781. The van der Waals surface area contributed by atoms with Gasteiger partial charge >= 0.3 is 0 Å². The first-order chi connectivity index (χ1) is 13.4. The first-order valence-electron chi connectivity index (χ1n) is 11.4. The fourth-order valence-corrected chi connectivity index (χ4v) is 7.48. The number of fused-ring (bicyclic) bond motifs is 3. The van der Waals surface area contributed by atoms with Crippen LogP contribution in [0.4, 0.5) is 0 Å². The number of carbonyl (C=O) groups excluding carboxylic acids is 3. The first kappa shape index (κ1) is 22.7. The van der Waals surface area contributed by atoms with Gasteiger partial charge in [0.1, 0.15) is 0 Å². The van der Waals surface area contributed by atoms with Crippen molar-refractivity contribution in [3.63, 3.8) is 0 Å². The van der Waals surface area contributed by atoms with Gasteiger partial charge in [-0.25, -0.2) is 0 Å². The van der Waals surface area contributed by atoms with Gasteiger partial charge in [0.25, 0.3) is 5.24 Å². The summed E-state index contributed by atoms with van der Waals surface area (Å²) in [6.07, 6.45) is 4.79. The Hall–Kier alpha value is -0.960. The van der Waals surface area contributed by atoms with Gasteiger partial charge in [-0.15, -0.1) is 0 Å². The van der Waals surface area contributed by atoms with E-state index in [0.29, 0.717) is 18.3 Å². The third-order valence-corrected chi connectivity index (χ3v) is 9.85. The molecular formula is C25H37ClO3. The van der Waals surface area contributed by atoms with Crippen molar-refractivity contribution < 1.29 is 14.4 Å². The van der Waals surface area contributed by atoms with Crippen LogP contribution in [0.15, 0.2) is 11.1 Å². The molecule has 6 atom stereocenters. The Morgan fingerprint density at radius 3 is 2.28 bits per heavy atom. The second kappa shape index (κ2) is 7.32. The van der Waals surface area contributed by atoms with Crippen LogP contribution in [0.3, 0.4) is 0 Å². The molecule has 0 spiro atoms. The molecule has 0 N–H and O–H groups in total. The van der Waals surface area contributed by atoms with E-state index in [9.17, 15) is 14.4 Å². The monoisotopic (exact) mass is 420 g/mol. The summed E-state index contributed by atoms with van der Waals surface area (Å²) < 4.78 is 0. The molecule has 0 aliphatic heterocycles. The second-order valence-electron chi connectivity index (χ2n) is 10.9. The lowest BCUT2D eigenvalue weighted by molar-refractivity contribution is -0.143. The molecule has 0 aromatic rings. The maximum atomic E-state index is 13.1. The van der Waals surface area contributed by atoms with Gasteiger partial charge in [0.15, 0.2) is 5.78 Å². The van der Waals surface area contributed by atoms with Gasteiger partial charge in [0.05, 0.1) is 5.41 Å². The average molecular weight is 421 g/mol. The Morgan fingerprint density at radius 1 is 1.14 bits per heavy atom. The number of Topliss-reactive ketones (excluding diaryl/α,β-unsaturated/α-hetero) is 2. The van der Waals surface area contributed by atoms with Crippen LogP contribution >= 0.6 is 11.6 Å². The van der Waals surface area contributed by atoms with E-state index in [4.69, 9.17) is 11.6 Å². The second-order valence-corrected chi connectivity index (χ2v) is 11.2. The minimum Gasteiger partial charge on any atom is -0.294 e. The van der Waals surface area contributed by atoms with Crippen molar-refractivity contribution in [2.45, 2.75) is 87.0 Å². The zero-order chi connectivity index (χ0) is 21.9. The fourth-order valence-electron chi connectivity index (χ4n) is 7.30. The summed E-state index contributed by atoms with van der Waals surface area (Å²) in [5.74, 6) is 0.818. The summed E-state index contributed by atoms with van der Waals surface area (Å²) >= 11 is 5.72.